The van der Waals surface area contributed by atoms with Gasteiger partial charge in [0.05, 0.1) is 0 Å². The van der Waals surface area contributed by atoms with Gasteiger partial charge in [-0.05, 0) is 31.2 Å². The molecular weight excluding hydrogens is 272 g/mol. The first kappa shape index (κ1) is 13.0. The number of carbonyl (C=O) groups excluding carboxylic acids is 1. The van der Waals surface area contributed by atoms with Crippen LogP contribution in [0.5, 0.6) is 0 Å². The molecule has 1 amide bonds. The van der Waals surface area contributed by atoms with Crippen LogP contribution in [0.2, 0.25) is 0 Å². The molecule has 1 heterocycles. The van der Waals surface area contributed by atoms with Gasteiger partial charge < -0.3 is 9.88 Å². The summed E-state index contributed by atoms with van der Waals surface area (Å²) in [5.74, 6) is -0.223. The highest BCUT2D eigenvalue weighted by Gasteiger charge is 2.10. The fourth-order valence-electron chi connectivity index (χ4n) is 2.67. The van der Waals surface area contributed by atoms with Gasteiger partial charge in [-0.25, -0.2) is 0 Å². The number of hydrogen-bond donors (Lipinski definition) is 1. The molecule has 0 saturated heterocycles. The van der Waals surface area contributed by atoms with Gasteiger partial charge in [0, 0.05) is 34.0 Å². The smallest absolute Gasteiger partial charge is 0.239 e. The summed E-state index contributed by atoms with van der Waals surface area (Å²) >= 11 is 5.53. The van der Waals surface area contributed by atoms with Crippen molar-refractivity contribution in [1.82, 2.24) is 4.57 Å². The SMILES string of the molecule is CCn1c2ccccc2c2cc(NC(=O)CCl)ccc21. The Balaban J connectivity index is 2.23. The average molecular weight is 287 g/mol. The third-order valence-corrected chi connectivity index (χ3v) is 3.74. The standard InChI is InChI=1S/C16H15ClN2O/c1-2-19-14-6-4-3-5-12(14)13-9-11(7-8-15(13)19)18-16(20)10-17/h3-9H,2,10H2,1H3,(H,18,20). The number of aryl methyl sites for hydroxylation is 1. The molecule has 0 atom stereocenters. The molecule has 4 heteroatoms. The number of para-hydroxylation sites is 1. The van der Waals surface area contributed by atoms with Gasteiger partial charge in [0.15, 0.2) is 0 Å². The summed E-state index contributed by atoms with van der Waals surface area (Å²) in [6, 6.07) is 14.3. The van der Waals surface area contributed by atoms with E-state index >= 15 is 0 Å². The second kappa shape index (κ2) is 5.17. The lowest BCUT2D eigenvalue weighted by molar-refractivity contribution is -0.113. The summed E-state index contributed by atoms with van der Waals surface area (Å²) in [5.41, 5.74) is 3.17. The van der Waals surface area contributed by atoms with Gasteiger partial charge in [0.25, 0.3) is 0 Å². The van der Waals surface area contributed by atoms with Crippen molar-refractivity contribution in [2.45, 2.75) is 13.5 Å². The van der Waals surface area contributed by atoms with Crippen LogP contribution in [0.25, 0.3) is 21.8 Å². The summed E-state index contributed by atoms with van der Waals surface area (Å²) in [6.07, 6.45) is 0. The Bertz CT molecular complexity index is 792. The maximum Gasteiger partial charge on any atom is 0.239 e. The van der Waals surface area contributed by atoms with Crippen molar-refractivity contribution in [2.24, 2.45) is 0 Å². The number of anilines is 1. The molecule has 0 spiro atoms. The van der Waals surface area contributed by atoms with Crippen LogP contribution in [0.3, 0.4) is 0 Å². The van der Waals surface area contributed by atoms with Crippen LogP contribution in [-0.2, 0) is 11.3 Å². The van der Waals surface area contributed by atoms with Crippen LogP contribution < -0.4 is 5.32 Å². The van der Waals surface area contributed by atoms with Crippen molar-refractivity contribution in [1.29, 1.82) is 0 Å². The van der Waals surface area contributed by atoms with Crippen molar-refractivity contribution in [3.05, 3.63) is 42.5 Å². The lowest BCUT2D eigenvalue weighted by atomic mass is 10.1. The second-order valence-electron chi connectivity index (χ2n) is 4.68. The number of amides is 1. The number of nitrogens with one attached hydrogen (secondary N) is 1. The number of benzene rings is 2. The fourth-order valence-corrected chi connectivity index (χ4v) is 2.73. The first-order chi connectivity index (χ1) is 9.74. The zero-order valence-corrected chi connectivity index (χ0v) is 11.9. The number of rotatable bonds is 3. The zero-order chi connectivity index (χ0) is 14.1. The van der Waals surface area contributed by atoms with E-state index in [0.29, 0.717) is 0 Å². The lowest BCUT2D eigenvalue weighted by Gasteiger charge is -2.05. The molecule has 0 radical (unpaired) electrons. The first-order valence-corrected chi connectivity index (χ1v) is 7.15. The van der Waals surface area contributed by atoms with Crippen molar-refractivity contribution < 1.29 is 4.79 Å². The molecule has 0 bridgehead atoms. The van der Waals surface area contributed by atoms with E-state index < -0.39 is 0 Å². The Labute approximate surface area is 122 Å². The molecule has 20 heavy (non-hydrogen) atoms. The van der Waals surface area contributed by atoms with Gasteiger partial charge in [-0.2, -0.15) is 0 Å². The molecule has 0 fully saturated rings. The Morgan fingerprint density at radius 1 is 1.15 bits per heavy atom. The Morgan fingerprint density at radius 3 is 2.65 bits per heavy atom. The maximum atomic E-state index is 11.4. The van der Waals surface area contributed by atoms with Gasteiger partial charge in [0.2, 0.25) is 5.91 Å². The van der Waals surface area contributed by atoms with E-state index in [9.17, 15) is 4.79 Å². The summed E-state index contributed by atoms with van der Waals surface area (Å²) in [6.45, 7) is 3.05. The third-order valence-electron chi connectivity index (χ3n) is 3.49. The number of fused-ring (bicyclic) bond motifs is 3. The largest absolute Gasteiger partial charge is 0.341 e. The minimum Gasteiger partial charge on any atom is -0.341 e. The highest BCUT2D eigenvalue weighted by Crippen LogP contribution is 2.30. The molecule has 2 aromatic carbocycles. The second-order valence-corrected chi connectivity index (χ2v) is 4.94. The van der Waals surface area contributed by atoms with Crippen LogP contribution in [0, 0.1) is 0 Å². The molecule has 0 unspecified atom stereocenters. The van der Waals surface area contributed by atoms with Gasteiger partial charge in [-0.3, -0.25) is 4.79 Å². The summed E-state index contributed by atoms with van der Waals surface area (Å²) in [5, 5.41) is 5.14. The van der Waals surface area contributed by atoms with E-state index in [1.165, 1.54) is 16.4 Å². The summed E-state index contributed by atoms with van der Waals surface area (Å²) in [7, 11) is 0. The number of hydrogen-bond acceptors (Lipinski definition) is 1. The van der Waals surface area contributed by atoms with E-state index in [4.69, 9.17) is 11.6 Å². The molecule has 1 N–H and O–H groups in total. The summed E-state index contributed by atoms with van der Waals surface area (Å²) in [4.78, 5) is 11.4. The van der Waals surface area contributed by atoms with E-state index in [0.717, 1.165) is 17.6 Å². The Kier molecular flexibility index (Phi) is 3.36. The first-order valence-electron chi connectivity index (χ1n) is 6.61. The van der Waals surface area contributed by atoms with Crippen molar-refractivity contribution >= 4 is 45.0 Å². The van der Waals surface area contributed by atoms with E-state index in [1.54, 1.807) is 0 Å². The van der Waals surface area contributed by atoms with Crippen molar-refractivity contribution in [2.75, 3.05) is 11.2 Å². The van der Waals surface area contributed by atoms with Crippen LogP contribution in [-0.4, -0.2) is 16.4 Å². The maximum absolute atomic E-state index is 11.4. The monoisotopic (exact) mass is 286 g/mol. The minimum atomic E-state index is -0.190. The molecule has 0 aliphatic carbocycles. The zero-order valence-electron chi connectivity index (χ0n) is 11.2. The molecule has 0 aliphatic rings. The van der Waals surface area contributed by atoms with Gasteiger partial charge in [-0.1, -0.05) is 18.2 Å². The summed E-state index contributed by atoms with van der Waals surface area (Å²) < 4.78 is 2.28. The number of alkyl halides is 1. The third kappa shape index (κ3) is 2.04. The number of aromatic nitrogens is 1. The molecule has 3 rings (SSSR count). The topological polar surface area (TPSA) is 34.0 Å². The number of nitrogens with zero attached hydrogens (tertiary/aromatic N) is 1. The van der Waals surface area contributed by atoms with Crippen molar-refractivity contribution in [3.63, 3.8) is 0 Å². The minimum absolute atomic E-state index is 0.0330. The van der Waals surface area contributed by atoms with Gasteiger partial charge >= 0.3 is 0 Å². The molecule has 3 nitrogen and oxygen atoms in total. The predicted molar refractivity (Wildman–Crippen MR) is 84.5 cm³/mol. The van der Waals surface area contributed by atoms with Crippen LogP contribution >= 0.6 is 11.6 Å². The molecule has 0 aliphatic heterocycles. The highest BCUT2D eigenvalue weighted by molar-refractivity contribution is 6.29. The molecule has 1 aromatic heterocycles. The Morgan fingerprint density at radius 2 is 1.90 bits per heavy atom. The molecular formula is C16H15ClN2O. The van der Waals surface area contributed by atoms with Gasteiger partial charge in [-0.15, -0.1) is 11.6 Å². The molecule has 102 valence electrons. The van der Waals surface area contributed by atoms with Crippen LogP contribution in [0.1, 0.15) is 6.92 Å². The van der Waals surface area contributed by atoms with Crippen LogP contribution in [0.4, 0.5) is 5.69 Å². The predicted octanol–water partition coefficient (Wildman–Crippen LogP) is 3.99. The number of halogens is 1. The van der Waals surface area contributed by atoms with Crippen molar-refractivity contribution in [3.8, 4) is 0 Å². The van der Waals surface area contributed by atoms with E-state index in [1.807, 2.05) is 30.3 Å². The molecule has 3 aromatic rings. The highest BCUT2D eigenvalue weighted by atomic mass is 35.5. The van der Waals surface area contributed by atoms with Crippen LogP contribution in [0.15, 0.2) is 42.5 Å². The molecule has 0 saturated carbocycles. The quantitative estimate of drug-likeness (QED) is 0.726. The number of carbonyl (C=O) groups is 1. The fraction of sp³-hybridized carbons (Fsp3) is 0.188. The normalized spacial score (nSPS) is 11.1. The van der Waals surface area contributed by atoms with E-state index in [2.05, 4.69) is 28.9 Å². The van der Waals surface area contributed by atoms with E-state index in [-0.39, 0.29) is 11.8 Å². The van der Waals surface area contributed by atoms with Gasteiger partial charge in [0.1, 0.15) is 5.88 Å². The lowest BCUT2D eigenvalue weighted by Crippen LogP contribution is -2.12. The average Bonchev–Trinajstić information content (AvgIpc) is 2.80. The Hall–Kier alpha value is -2.00.